The van der Waals surface area contributed by atoms with Crippen LogP contribution in [0, 0.1) is 5.92 Å². The van der Waals surface area contributed by atoms with E-state index in [0.29, 0.717) is 49.5 Å². The number of likely N-dealkylation sites (tertiary alicyclic amines) is 1. The molecule has 0 aliphatic carbocycles. The Bertz CT molecular complexity index is 590. The van der Waals surface area contributed by atoms with Crippen LogP contribution in [-0.2, 0) is 4.79 Å². The predicted octanol–water partition coefficient (Wildman–Crippen LogP) is 1.02. The summed E-state index contributed by atoms with van der Waals surface area (Å²) in [7, 11) is 3.10. The van der Waals surface area contributed by atoms with Crippen molar-refractivity contribution in [1.29, 1.82) is 0 Å². The first-order valence-corrected chi connectivity index (χ1v) is 8.51. The van der Waals surface area contributed by atoms with Crippen molar-refractivity contribution in [3.63, 3.8) is 0 Å². The van der Waals surface area contributed by atoms with Crippen molar-refractivity contribution in [1.82, 2.24) is 10.2 Å². The normalized spacial score (nSPS) is 16.2. The van der Waals surface area contributed by atoms with Crippen LogP contribution in [0.5, 0.6) is 11.5 Å². The second-order valence-electron chi connectivity index (χ2n) is 6.31. The van der Waals surface area contributed by atoms with Crippen LogP contribution < -0.4 is 20.5 Å². The lowest BCUT2D eigenvalue weighted by Crippen LogP contribution is -2.46. The maximum Gasteiger partial charge on any atom is 0.254 e. The molecular formula is C18H27N3O4. The zero-order valence-corrected chi connectivity index (χ0v) is 15.1. The molecule has 138 valence electrons. The van der Waals surface area contributed by atoms with E-state index in [-0.39, 0.29) is 23.8 Å². The highest BCUT2D eigenvalue weighted by Crippen LogP contribution is 2.25. The minimum Gasteiger partial charge on any atom is -0.497 e. The summed E-state index contributed by atoms with van der Waals surface area (Å²) in [6.45, 7) is 3.40. The molecule has 1 aliphatic rings. The van der Waals surface area contributed by atoms with Gasteiger partial charge < -0.3 is 25.4 Å². The van der Waals surface area contributed by atoms with Crippen LogP contribution in [-0.4, -0.2) is 56.6 Å². The smallest absolute Gasteiger partial charge is 0.254 e. The predicted molar refractivity (Wildman–Crippen MR) is 94.8 cm³/mol. The molecule has 2 amide bonds. The van der Waals surface area contributed by atoms with E-state index in [1.807, 2.05) is 6.92 Å². The van der Waals surface area contributed by atoms with E-state index in [1.165, 1.54) is 0 Å². The number of carbonyl (C=O) groups excluding carboxylic acids is 2. The molecule has 0 radical (unpaired) electrons. The number of piperidine rings is 1. The Kier molecular flexibility index (Phi) is 6.64. The van der Waals surface area contributed by atoms with E-state index in [4.69, 9.17) is 15.2 Å². The third-order valence-corrected chi connectivity index (χ3v) is 4.49. The molecular weight excluding hydrogens is 322 g/mol. The first kappa shape index (κ1) is 19.1. The summed E-state index contributed by atoms with van der Waals surface area (Å²) in [5, 5.41) is 2.90. The van der Waals surface area contributed by atoms with Crippen molar-refractivity contribution in [2.75, 3.05) is 33.9 Å². The van der Waals surface area contributed by atoms with Gasteiger partial charge in [-0.2, -0.15) is 0 Å². The van der Waals surface area contributed by atoms with Gasteiger partial charge in [0.25, 0.3) is 5.91 Å². The molecule has 0 saturated carbocycles. The van der Waals surface area contributed by atoms with Crippen LogP contribution >= 0.6 is 0 Å². The van der Waals surface area contributed by atoms with Crippen LogP contribution in [0.25, 0.3) is 0 Å². The lowest BCUT2D eigenvalue weighted by molar-refractivity contribution is -0.126. The summed E-state index contributed by atoms with van der Waals surface area (Å²) < 4.78 is 10.4. The topological polar surface area (TPSA) is 93.9 Å². The number of hydrogen-bond donors (Lipinski definition) is 2. The number of rotatable bonds is 6. The molecule has 3 N–H and O–H groups in total. The quantitative estimate of drug-likeness (QED) is 0.800. The van der Waals surface area contributed by atoms with Crippen molar-refractivity contribution in [2.24, 2.45) is 11.7 Å². The Morgan fingerprint density at radius 1 is 1.20 bits per heavy atom. The largest absolute Gasteiger partial charge is 0.497 e. The molecule has 2 rings (SSSR count). The van der Waals surface area contributed by atoms with Crippen LogP contribution in [0.2, 0.25) is 0 Å². The van der Waals surface area contributed by atoms with Crippen molar-refractivity contribution in [2.45, 2.75) is 25.8 Å². The van der Waals surface area contributed by atoms with Gasteiger partial charge in [0, 0.05) is 43.2 Å². The third-order valence-electron chi connectivity index (χ3n) is 4.49. The summed E-state index contributed by atoms with van der Waals surface area (Å²) >= 11 is 0. The minimum absolute atomic E-state index is 0.0214. The molecule has 0 unspecified atom stereocenters. The minimum atomic E-state index is -0.0774. The van der Waals surface area contributed by atoms with Crippen LogP contribution in [0.3, 0.4) is 0 Å². The van der Waals surface area contributed by atoms with Gasteiger partial charge >= 0.3 is 0 Å². The number of nitrogens with two attached hydrogens (primary N) is 1. The van der Waals surface area contributed by atoms with Crippen LogP contribution in [0.4, 0.5) is 0 Å². The first-order chi connectivity index (χ1) is 12.0. The Hall–Kier alpha value is -2.28. The summed E-state index contributed by atoms with van der Waals surface area (Å²) in [5.41, 5.74) is 6.06. The van der Waals surface area contributed by atoms with Gasteiger partial charge in [-0.05, 0) is 31.9 Å². The van der Waals surface area contributed by atoms with Gasteiger partial charge in [0.15, 0.2) is 0 Å². The number of hydrogen-bond acceptors (Lipinski definition) is 5. The molecule has 25 heavy (non-hydrogen) atoms. The average molecular weight is 349 g/mol. The molecule has 1 atom stereocenters. The number of nitrogens with zero attached hydrogens (tertiary/aromatic N) is 1. The van der Waals surface area contributed by atoms with Crippen molar-refractivity contribution in [3.8, 4) is 11.5 Å². The average Bonchev–Trinajstić information content (AvgIpc) is 2.66. The fourth-order valence-electron chi connectivity index (χ4n) is 2.88. The number of methoxy groups -OCH3 is 2. The molecule has 7 nitrogen and oxygen atoms in total. The van der Waals surface area contributed by atoms with E-state index in [1.54, 1.807) is 37.3 Å². The van der Waals surface area contributed by atoms with E-state index < -0.39 is 0 Å². The number of carbonyl (C=O) groups is 2. The molecule has 1 fully saturated rings. The Balaban J connectivity index is 1.98. The molecule has 1 aliphatic heterocycles. The number of amides is 2. The van der Waals surface area contributed by atoms with E-state index in [0.717, 1.165) is 0 Å². The zero-order chi connectivity index (χ0) is 18.4. The molecule has 0 aromatic heterocycles. The van der Waals surface area contributed by atoms with E-state index in [9.17, 15) is 9.59 Å². The molecule has 0 spiro atoms. The second-order valence-corrected chi connectivity index (χ2v) is 6.31. The number of ether oxygens (including phenoxy) is 2. The van der Waals surface area contributed by atoms with Gasteiger partial charge in [-0.15, -0.1) is 0 Å². The highest BCUT2D eigenvalue weighted by molar-refractivity contribution is 5.95. The Morgan fingerprint density at radius 2 is 1.76 bits per heavy atom. The monoisotopic (exact) mass is 349 g/mol. The molecule has 1 saturated heterocycles. The molecule has 1 heterocycles. The second kappa shape index (κ2) is 8.71. The zero-order valence-electron chi connectivity index (χ0n) is 15.1. The standard InChI is InChI=1S/C18H27N3O4/c1-12(11-19)20-17(22)13-4-6-21(7-5-13)18(23)14-8-15(24-2)10-16(9-14)25-3/h8-10,12-13H,4-7,11,19H2,1-3H3,(H,20,22)/t12-/m0/s1. The van der Waals surface area contributed by atoms with Gasteiger partial charge in [-0.3, -0.25) is 9.59 Å². The van der Waals surface area contributed by atoms with Crippen LogP contribution in [0.15, 0.2) is 18.2 Å². The first-order valence-electron chi connectivity index (χ1n) is 8.51. The van der Waals surface area contributed by atoms with Gasteiger partial charge in [0.05, 0.1) is 14.2 Å². The van der Waals surface area contributed by atoms with Crippen LogP contribution in [0.1, 0.15) is 30.1 Å². The van der Waals surface area contributed by atoms with E-state index >= 15 is 0 Å². The fraction of sp³-hybridized carbons (Fsp3) is 0.556. The van der Waals surface area contributed by atoms with Crippen molar-refractivity contribution in [3.05, 3.63) is 23.8 Å². The maximum absolute atomic E-state index is 12.7. The van der Waals surface area contributed by atoms with Gasteiger partial charge in [-0.1, -0.05) is 0 Å². The van der Waals surface area contributed by atoms with Gasteiger partial charge in [-0.25, -0.2) is 0 Å². The molecule has 7 heteroatoms. The summed E-state index contributed by atoms with van der Waals surface area (Å²) in [5.74, 6) is 1.03. The van der Waals surface area contributed by atoms with Crippen molar-refractivity contribution >= 4 is 11.8 Å². The Morgan fingerprint density at radius 3 is 2.24 bits per heavy atom. The summed E-state index contributed by atoms with van der Waals surface area (Å²) in [4.78, 5) is 26.7. The fourth-order valence-corrected chi connectivity index (χ4v) is 2.88. The number of nitrogens with one attached hydrogen (secondary N) is 1. The third kappa shape index (κ3) is 4.85. The van der Waals surface area contributed by atoms with Crippen molar-refractivity contribution < 1.29 is 19.1 Å². The summed E-state index contributed by atoms with van der Waals surface area (Å²) in [6, 6.07) is 5.10. The lowest BCUT2D eigenvalue weighted by Gasteiger charge is -2.32. The molecule has 1 aromatic rings. The van der Waals surface area contributed by atoms with Gasteiger partial charge in [0.2, 0.25) is 5.91 Å². The molecule has 0 bridgehead atoms. The lowest BCUT2D eigenvalue weighted by atomic mass is 9.95. The number of benzene rings is 1. The SMILES string of the molecule is COc1cc(OC)cc(C(=O)N2CCC(C(=O)N[C@@H](C)CN)CC2)c1. The van der Waals surface area contributed by atoms with Gasteiger partial charge in [0.1, 0.15) is 11.5 Å². The Labute approximate surface area is 148 Å². The molecule has 1 aromatic carbocycles. The highest BCUT2D eigenvalue weighted by atomic mass is 16.5. The maximum atomic E-state index is 12.7. The van der Waals surface area contributed by atoms with E-state index in [2.05, 4.69) is 5.32 Å². The summed E-state index contributed by atoms with van der Waals surface area (Å²) in [6.07, 6.45) is 1.30. The highest BCUT2D eigenvalue weighted by Gasteiger charge is 2.28.